The van der Waals surface area contributed by atoms with Crippen molar-refractivity contribution in [3.8, 4) is 0 Å². The maximum absolute atomic E-state index is 14.1. The predicted molar refractivity (Wildman–Crippen MR) is 106 cm³/mol. The molecule has 146 valence electrons. The van der Waals surface area contributed by atoms with Crippen LogP contribution in [0.5, 0.6) is 0 Å². The molecule has 1 aliphatic heterocycles. The standard InChI is InChI=1S/C23H25FN2O2/c1-16-9-11-17(12-10-16)22-13-20(28-25-22)15-26(23(27)18-6-4-7-18)14-19-5-2-3-8-21(19)24/h2-3,5,8-12,18,20H,4,6-7,13-15H2,1H3/t20-/m0/s1. The molecule has 1 atom stereocenters. The third-order valence-electron chi connectivity index (χ3n) is 5.63. The summed E-state index contributed by atoms with van der Waals surface area (Å²) >= 11 is 0. The van der Waals surface area contributed by atoms with E-state index in [2.05, 4.69) is 17.3 Å². The Kier molecular flexibility index (Phi) is 5.42. The number of aryl methyl sites for hydroxylation is 1. The molecule has 0 saturated heterocycles. The average molecular weight is 380 g/mol. The highest BCUT2D eigenvalue weighted by atomic mass is 19.1. The second kappa shape index (κ2) is 8.13. The summed E-state index contributed by atoms with van der Waals surface area (Å²) in [6, 6.07) is 14.8. The summed E-state index contributed by atoms with van der Waals surface area (Å²) in [5.74, 6) is -0.120. The van der Waals surface area contributed by atoms with E-state index in [0.717, 1.165) is 30.5 Å². The number of rotatable bonds is 6. The molecule has 2 aromatic rings. The third kappa shape index (κ3) is 4.08. The van der Waals surface area contributed by atoms with Crippen molar-refractivity contribution in [3.63, 3.8) is 0 Å². The zero-order valence-electron chi connectivity index (χ0n) is 16.1. The van der Waals surface area contributed by atoms with E-state index in [1.54, 1.807) is 23.1 Å². The number of halogens is 1. The van der Waals surface area contributed by atoms with Gasteiger partial charge in [0.1, 0.15) is 5.82 Å². The van der Waals surface area contributed by atoms with E-state index in [4.69, 9.17) is 4.84 Å². The fourth-order valence-electron chi connectivity index (χ4n) is 3.67. The van der Waals surface area contributed by atoms with Crippen molar-refractivity contribution in [2.45, 2.75) is 45.3 Å². The van der Waals surface area contributed by atoms with Crippen LogP contribution in [0.3, 0.4) is 0 Å². The summed E-state index contributed by atoms with van der Waals surface area (Å²) in [6.07, 6.45) is 3.37. The van der Waals surface area contributed by atoms with E-state index in [-0.39, 0.29) is 30.3 Å². The normalized spacial score (nSPS) is 18.9. The molecule has 2 aliphatic rings. The topological polar surface area (TPSA) is 41.9 Å². The molecule has 1 amide bonds. The second-order valence-corrected chi connectivity index (χ2v) is 7.77. The number of carbonyl (C=O) groups excluding carboxylic acids is 1. The SMILES string of the molecule is Cc1ccc(C2=NO[C@H](CN(Cc3ccccc3F)C(=O)C3CCC3)C2)cc1. The van der Waals surface area contributed by atoms with Gasteiger partial charge in [0.25, 0.3) is 0 Å². The summed E-state index contributed by atoms with van der Waals surface area (Å²) in [5, 5.41) is 4.24. The van der Waals surface area contributed by atoms with E-state index in [0.29, 0.717) is 18.5 Å². The van der Waals surface area contributed by atoms with Gasteiger partial charge in [-0.2, -0.15) is 0 Å². The second-order valence-electron chi connectivity index (χ2n) is 7.77. The Hall–Kier alpha value is -2.69. The number of benzene rings is 2. The highest BCUT2D eigenvalue weighted by molar-refractivity contribution is 6.01. The largest absolute Gasteiger partial charge is 0.390 e. The van der Waals surface area contributed by atoms with Gasteiger partial charge >= 0.3 is 0 Å². The molecule has 0 radical (unpaired) electrons. The Morgan fingerprint density at radius 2 is 1.93 bits per heavy atom. The minimum Gasteiger partial charge on any atom is -0.390 e. The number of hydrogen-bond acceptors (Lipinski definition) is 3. The van der Waals surface area contributed by atoms with Crippen LogP contribution in [0.25, 0.3) is 0 Å². The number of oxime groups is 1. The molecule has 5 heteroatoms. The van der Waals surface area contributed by atoms with Crippen LogP contribution in [-0.2, 0) is 16.2 Å². The first-order chi connectivity index (χ1) is 13.6. The zero-order chi connectivity index (χ0) is 19.5. The Labute approximate surface area is 165 Å². The van der Waals surface area contributed by atoms with Crippen molar-refractivity contribution in [3.05, 3.63) is 71.0 Å². The van der Waals surface area contributed by atoms with Crippen molar-refractivity contribution in [2.24, 2.45) is 11.1 Å². The van der Waals surface area contributed by atoms with Crippen LogP contribution in [0, 0.1) is 18.7 Å². The highest BCUT2D eigenvalue weighted by Gasteiger charge is 2.33. The Morgan fingerprint density at radius 1 is 1.18 bits per heavy atom. The van der Waals surface area contributed by atoms with Gasteiger partial charge in [-0.05, 0) is 31.4 Å². The Balaban J connectivity index is 1.44. The number of carbonyl (C=O) groups is 1. The first-order valence-corrected chi connectivity index (χ1v) is 9.92. The monoisotopic (exact) mass is 380 g/mol. The molecule has 1 fully saturated rings. The van der Waals surface area contributed by atoms with Crippen molar-refractivity contribution >= 4 is 11.6 Å². The van der Waals surface area contributed by atoms with Gasteiger partial charge in [-0.15, -0.1) is 0 Å². The van der Waals surface area contributed by atoms with Gasteiger partial charge in [-0.1, -0.05) is 59.6 Å². The predicted octanol–water partition coefficient (Wildman–Crippen LogP) is 4.46. The quantitative estimate of drug-likeness (QED) is 0.743. The number of amides is 1. The summed E-state index contributed by atoms with van der Waals surface area (Å²) in [4.78, 5) is 20.3. The smallest absolute Gasteiger partial charge is 0.226 e. The fourth-order valence-corrected chi connectivity index (χ4v) is 3.67. The number of hydrogen-bond donors (Lipinski definition) is 0. The Morgan fingerprint density at radius 3 is 2.61 bits per heavy atom. The summed E-state index contributed by atoms with van der Waals surface area (Å²) in [6.45, 7) is 2.73. The van der Waals surface area contributed by atoms with E-state index >= 15 is 0 Å². The zero-order valence-corrected chi connectivity index (χ0v) is 16.1. The van der Waals surface area contributed by atoms with Gasteiger partial charge in [-0.3, -0.25) is 4.79 Å². The van der Waals surface area contributed by atoms with E-state index in [1.807, 2.05) is 19.1 Å². The third-order valence-corrected chi connectivity index (χ3v) is 5.63. The first kappa shape index (κ1) is 18.7. The lowest BCUT2D eigenvalue weighted by Gasteiger charge is -2.32. The molecular weight excluding hydrogens is 355 g/mol. The van der Waals surface area contributed by atoms with Crippen LogP contribution in [0.1, 0.15) is 42.4 Å². The van der Waals surface area contributed by atoms with Gasteiger partial charge in [0, 0.05) is 24.4 Å². The van der Waals surface area contributed by atoms with Crippen LogP contribution < -0.4 is 0 Å². The van der Waals surface area contributed by atoms with Crippen molar-refractivity contribution in [2.75, 3.05) is 6.54 Å². The van der Waals surface area contributed by atoms with Crippen molar-refractivity contribution in [1.29, 1.82) is 0 Å². The molecule has 4 rings (SSSR count). The highest BCUT2D eigenvalue weighted by Crippen LogP contribution is 2.30. The van der Waals surface area contributed by atoms with Gasteiger partial charge < -0.3 is 9.74 Å². The molecule has 1 aliphatic carbocycles. The number of nitrogens with zero attached hydrogens (tertiary/aromatic N) is 2. The molecule has 0 N–H and O–H groups in total. The minimum atomic E-state index is -0.280. The lowest BCUT2D eigenvalue weighted by molar-refractivity contribution is -0.140. The van der Waals surface area contributed by atoms with Crippen LogP contribution in [0.2, 0.25) is 0 Å². The minimum absolute atomic E-state index is 0.0608. The van der Waals surface area contributed by atoms with Crippen molar-refractivity contribution in [1.82, 2.24) is 4.90 Å². The lowest BCUT2D eigenvalue weighted by atomic mass is 9.84. The summed E-state index contributed by atoms with van der Waals surface area (Å²) in [5.41, 5.74) is 3.67. The first-order valence-electron chi connectivity index (χ1n) is 9.92. The van der Waals surface area contributed by atoms with Gasteiger partial charge in [-0.25, -0.2) is 4.39 Å². The molecule has 4 nitrogen and oxygen atoms in total. The van der Waals surface area contributed by atoms with Gasteiger partial charge in [0.2, 0.25) is 5.91 Å². The maximum Gasteiger partial charge on any atom is 0.226 e. The summed E-state index contributed by atoms with van der Waals surface area (Å²) in [7, 11) is 0. The molecule has 0 unspecified atom stereocenters. The molecule has 1 saturated carbocycles. The molecular formula is C23H25FN2O2. The fraction of sp³-hybridized carbons (Fsp3) is 0.391. The van der Waals surface area contributed by atoms with Crippen molar-refractivity contribution < 1.29 is 14.0 Å². The van der Waals surface area contributed by atoms with Gasteiger partial charge in [0.15, 0.2) is 6.10 Å². The maximum atomic E-state index is 14.1. The van der Waals surface area contributed by atoms with Gasteiger partial charge in [0.05, 0.1) is 12.3 Å². The molecule has 0 bridgehead atoms. The van der Waals surface area contributed by atoms with Crippen LogP contribution in [0.4, 0.5) is 4.39 Å². The lowest BCUT2D eigenvalue weighted by Crippen LogP contribution is -2.42. The van der Waals surface area contributed by atoms with Crippen LogP contribution in [0.15, 0.2) is 53.7 Å². The summed E-state index contributed by atoms with van der Waals surface area (Å²) < 4.78 is 14.1. The average Bonchev–Trinajstić information content (AvgIpc) is 3.10. The molecule has 1 heterocycles. The molecule has 0 aromatic heterocycles. The molecule has 2 aromatic carbocycles. The van der Waals surface area contributed by atoms with E-state index < -0.39 is 0 Å². The molecule has 0 spiro atoms. The van der Waals surface area contributed by atoms with E-state index in [9.17, 15) is 9.18 Å². The Bertz CT molecular complexity index is 874. The van der Waals surface area contributed by atoms with Crippen LogP contribution in [-0.4, -0.2) is 29.2 Å². The van der Waals surface area contributed by atoms with Crippen LogP contribution >= 0.6 is 0 Å². The van der Waals surface area contributed by atoms with E-state index in [1.165, 1.54) is 11.6 Å². The molecule has 28 heavy (non-hydrogen) atoms.